The summed E-state index contributed by atoms with van der Waals surface area (Å²) in [5.74, 6) is -0.727. The van der Waals surface area contributed by atoms with Crippen molar-refractivity contribution in [1.82, 2.24) is 0 Å². The number of rotatable bonds is 2. The molecule has 0 aromatic heterocycles. The third kappa shape index (κ3) is 2.35. The molecule has 1 aromatic carbocycles. The first-order valence-electron chi connectivity index (χ1n) is 7.50. The quantitative estimate of drug-likeness (QED) is 0.839. The molecule has 0 bridgehead atoms. The van der Waals surface area contributed by atoms with Crippen LogP contribution in [-0.2, 0) is 23.7 Å². The zero-order chi connectivity index (χ0) is 15.3. The lowest BCUT2D eigenvalue weighted by molar-refractivity contribution is -0.311. The summed E-state index contributed by atoms with van der Waals surface area (Å²) < 4.78 is 42.5. The minimum atomic E-state index is -0.727. The highest BCUT2D eigenvalue weighted by Gasteiger charge is 2.60. The zero-order valence-corrected chi connectivity index (χ0v) is 12.5. The second kappa shape index (κ2) is 5.25. The summed E-state index contributed by atoms with van der Waals surface area (Å²) in [5.41, 5.74) is 0.848. The number of hydrogen-bond donors (Lipinski definition) is 0. The van der Waals surface area contributed by atoms with E-state index in [1.54, 1.807) is 0 Å². The van der Waals surface area contributed by atoms with Crippen LogP contribution in [0.25, 0.3) is 0 Å². The van der Waals surface area contributed by atoms with Gasteiger partial charge in [-0.2, -0.15) is 0 Å². The molecule has 3 aliphatic heterocycles. The average Bonchev–Trinajstić information content (AvgIpc) is 2.99. The van der Waals surface area contributed by atoms with Gasteiger partial charge >= 0.3 is 0 Å². The Hall–Kier alpha value is -1.05. The number of benzene rings is 1. The van der Waals surface area contributed by atoms with Crippen LogP contribution in [0.2, 0.25) is 0 Å². The van der Waals surface area contributed by atoms with Crippen LogP contribution in [0.15, 0.2) is 30.3 Å². The maximum absolute atomic E-state index is 13.4. The van der Waals surface area contributed by atoms with Crippen LogP contribution < -0.4 is 0 Å². The van der Waals surface area contributed by atoms with E-state index in [-0.39, 0.29) is 6.10 Å². The summed E-state index contributed by atoms with van der Waals surface area (Å²) in [5, 5.41) is 0. The lowest BCUT2D eigenvalue weighted by Crippen LogP contribution is -2.50. The van der Waals surface area contributed by atoms with E-state index in [2.05, 4.69) is 0 Å². The highest BCUT2D eigenvalue weighted by Crippen LogP contribution is 2.44. The van der Waals surface area contributed by atoms with Gasteiger partial charge in [0.25, 0.3) is 0 Å². The predicted octanol–water partition coefficient (Wildman–Crippen LogP) is 2.32. The van der Waals surface area contributed by atoms with Crippen LogP contribution in [0.1, 0.15) is 25.7 Å². The molecule has 0 radical (unpaired) electrons. The van der Waals surface area contributed by atoms with E-state index in [4.69, 9.17) is 23.7 Å². The Labute approximate surface area is 128 Å². The highest BCUT2D eigenvalue weighted by molar-refractivity contribution is 5.17. The molecule has 3 fully saturated rings. The monoisotopic (exact) mass is 309 g/mol. The van der Waals surface area contributed by atoms with Gasteiger partial charge in [0, 0.05) is 5.56 Å². The Kier molecular flexibility index (Phi) is 3.47. The van der Waals surface area contributed by atoms with Gasteiger partial charge in [-0.15, -0.1) is 0 Å². The van der Waals surface area contributed by atoms with Crippen LogP contribution in [0.4, 0.5) is 4.39 Å². The van der Waals surface area contributed by atoms with Crippen LogP contribution in [-0.4, -0.2) is 43.2 Å². The van der Waals surface area contributed by atoms with Crippen molar-refractivity contribution >= 4 is 0 Å². The van der Waals surface area contributed by atoms with E-state index < -0.39 is 43.4 Å². The third-order valence-electron chi connectivity index (χ3n) is 4.20. The van der Waals surface area contributed by atoms with Crippen molar-refractivity contribution in [3.05, 3.63) is 35.9 Å². The van der Waals surface area contributed by atoms with Gasteiger partial charge in [-0.05, 0) is 13.8 Å². The van der Waals surface area contributed by atoms with Crippen molar-refractivity contribution in [2.75, 3.05) is 6.67 Å². The Morgan fingerprint density at radius 1 is 0.955 bits per heavy atom. The fourth-order valence-corrected chi connectivity index (χ4v) is 3.26. The molecule has 3 aliphatic rings. The van der Waals surface area contributed by atoms with Gasteiger partial charge < -0.3 is 23.7 Å². The standard InChI is InChI=1S/C16H19FO5/c1-16(2)21-13-12-11(19-15(13)22-16)10(8-17)18-14(20-12)9-6-4-3-5-7-9/h3-7,10-15H,8H2,1-2H3/t10-,11-,12+,13-,14+,15-/m1/s1/i17-1. The minimum absolute atomic E-state index is 0.371. The van der Waals surface area contributed by atoms with Gasteiger partial charge in [0.05, 0.1) is 0 Å². The number of alkyl halides is 1. The molecule has 120 valence electrons. The molecule has 6 atom stereocenters. The molecule has 4 rings (SSSR count). The molecule has 22 heavy (non-hydrogen) atoms. The van der Waals surface area contributed by atoms with Crippen LogP contribution in [0, 0.1) is 0 Å². The fourth-order valence-electron chi connectivity index (χ4n) is 3.26. The first-order chi connectivity index (χ1) is 10.6. The van der Waals surface area contributed by atoms with Crippen LogP contribution in [0.5, 0.6) is 0 Å². The zero-order valence-electron chi connectivity index (χ0n) is 12.5. The van der Waals surface area contributed by atoms with Gasteiger partial charge in [-0.1, -0.05) is 30.3 Å². The number of halogens is 1. The van der Waals surface area contributed by atoms with Crippen LogP contribution in [0.3, 0.4) is 0 Å². The molecule has 3 saturated heterocycles. The summed E-state index contributed by atoms with van der Waals surface area (Å²) >= 11 is 0. The summed E-state index contributed by atoms with van der Waals surface area (Å²) in [7, 11) is 0. The van der Waals surface area contributed by atoms with Crippen molar-refractivity contribution in [2.45, 2.75) is 56.6 Å². The molecular formula is C16H19FO5. The molecular weight excluding hydrogens is 290 g/mol. The van der Waals surface area contributed by atoms with Crippen molar-refractivity contribution in [3.8, 4) is 0 Å². The average molecular weight is 309 g/mol. The molecule has 5 nitrogen and oxygen atoms in total. The van der Waals surface area contributed by atoms with Gasteiger partial charge in [0.15, 0.2) is 18.4 Å². The van der Waals surface area contributed by atoms with Gasteiger partial charge in [0.2, 0.25) is 0 Å². The molecule has 0 amide bonds. The highest BCUT2D eigenvalue weighted by atomic mass is 18.2. The Balaban J connectivity index is 1.59. The topological polar surface area (TPSA) is 46.2 Å². The van der Waals surface area contributed by atoms with E-state index >= 15 is 0 Å². The second-order valence-corrected chi connectivity index (χ2v) is 6.24. The molecule has 3 heterocycles. The van der Waals surface area contributed by atoms with E-state index in [0.717, 1.165) is 5.56 Å². The lowest BCUT2D eigenvalue weighted by Gasteiger charge is -2.38. The summed E-state index contributed by atoms with van der Waals surface area (Å²) in [6.07, 6.45) is -3.16. The Morgan fingerprint density at radius 3 is 2.45 bits per heavy atom. The van der Waals surface area contributed by atoms with Crippen molar-refractivity contribution in [2.24, 2.45) is 0 Å². The third-order valence-corrected chi connectivity index (χ3v) is 4.20. The summed E-state index contributed by atoms with van der Waals surface area (Å²) in [6, 6.07) is 9.48. The number of hydrogen-bond acceptors (Lipinski definition) is 5. The first kappa shape index (κ1) is 14.5. The minimum Gasteiger partial charge on any atom is -0.341 e. The van der Waals surface area contributed by atoms with E-state index in [9.17, 15) is 4.39 Å². The molecule has 0 saturated carbocycles. The van der Waals surface area contributed by atoms with E-state index in [1.807, 2.05) is 44.2 Å². The summed E-state index contributed by atoms with van der Waals surface area (Å²) in [6.45, 7) is 3.01. The number of ether oxygens (including phenoxy) is 5. The second-order valence-electron chi connectivity index (χ2n) is 6.24. The summed E-state index contributed by atoms with van der Waals surface area (Å²) in [4.78, 5) is 0. The Bertz CT molecular complexity index is 537. The molecule has 1 aromatic rings. The first-order valence-corrected chi connectivity index (χ1v) is 7.50. The Morgan fingerprint density at radius 2 is 1.73 bits per heavy atom. The van der Waals surface area contributed by atoms with Gasteiger partial charge in [-0.25, -0.2) is 4.39 Å². The van der Waals surface area contributed by atoms with Crippen molar-refractivity contribution in [1.29, 1.82) is 0 Å². The van der Waals surface area contributed by atoms with E-state index in [1.165, 1.54) is 0 Å². The smallest absolute Gasteiger partial charge is 0.190 e. The molecule has 6 heteroatoms. The van der Waals surface area contributed by atoms with Gasteiger partial charge in [0.1, 0.15) is 31.1 Å². The van der Waals surface area contributed by atoms with Crippen molar-refractivity contribution in [3.63, 3.8) is 0 Å². The van der Waals surface area contributed by atoms with Gasteiger partial charge in [-0.3, -0.25) is 0 Å². The predicted molar refractivity (Wildman–Crippen MR) is 73.6 cm³/mol. The number of fused-ring (bicyclic) bond motifs is 3. The normalized spacial score (nSPS) is 42.9. The maximum atomic E-state index is 13.4. The molecule has 0 unspecified atom stereocenters. The molecule has 0 spiro atoms. The van der Waals surface area contributed by atoms with E-state index in [0.29, 0.717) is 0 Å². The van der Waals surface area contributed by atoms with Crippen LogP contribution >= 0.6 is 0 Å². The lowest BCUT2D eigenvalue weighted by atomic mass is 10.0. The maximum Gasteiger partial charge on any atom is 0.190 e. The fraction of sp³-hybridized carbons (Fsp3) is 0.625. The largest absolute Gasteiger partial charge is 0.341 e. The van der Waals surface area contributed by atoms with Crippen molar-refractivity contribution < 1.29 is 28.1 Å². The molecule has 0 N–H and O–H groups in total. The molecule has 0 aliphatic carbocycles. The SMILES string of the molecule is CC1(C)O[C@H]2O[C@H]3[C@H](O[C@@H](c4ccccc4)O[C@@H]3C[18F])[C@H]2O1.